The van der Waals surface area contributed by atoms with Gasteiger partial charge in [-0.2, -0.15) is 0 Å². The molecule has 3 N–H and O–H groups in total. The Morgan fingerprint density at radius 2 is 2.28 bits per heavy atom. The van der Waals surface area contributed by atoms with Crippen molar-refractivity contribution in [1.82, 2.24) is 10.3 Å². The number of nitrogen functional groups attached to an aromatic ring is 1. The van der Waals surface area contributed by atoms with Gasteiger partial charge in [0.05, 0.1) is 17.7 Å². The second-order valence-electron chi connectivity index (χ2n) is 3.57. The number of nitrogens with one attached hydrogen (secondary N) is 1. The summed E-state index contributed by atoms with van der Waals surface area (Å²) in [5, 5.41) is 2.74. The SMILES string of the molecule is Nc1ccccc1OCC(=O)NCc1cncs1. The van der Waals surface area contributed by atoms with Crippen LogP contribution in [-0.4, -0.2) is 17.5 Å². The largest absolute Gasteiger partial charge is 0.482 e. The molecule has 94 valence electrons. The average Bonchev–Trinajstić information content (AvgIpc) is 2.88. The van der Waals surface area contributed by atoms with Gasteiger partial charge in [-0.1, -0.05) is 12.1 Å². The van der Waals surface area contributed by atoms with E-state index in [4.69, 9.17) is 10.5 Å². The lowest BCUT2D eigenvalue weighted by atomic mass is 10.3. The van der Waals surface area contributed by atoms with E-state index in [1.54, 1.807) is 29.9 Å². The van der Waals surface area contributed by atoms with E-state index in [-0.39, 0.29) is 12.5 Å². The number of aromatic nitrogens is 1. The second kappa shape index (κ2) is 6.02. The van der Waals surface area contributed by atoms with Crippen LogP contribution in [0.25, 0.3) is 0 Å². The molecule has 0 saturated heterocycles. The monoisotopic (exact) mass is 263 g/mol. The van der Waals surface area contributed by atoms with Crippen molar-refractivity contribution in [3.63, 3.8) is 0 Å². The molecule has 1 amide bonds. The van der Waals surface area contributed by atoms with Gasteiger partial charge in [0.2, 0.25) is 0 Å². The van der Waals surface area contributed by atoms with Crippen LogP contribution in [0.15, 0.2) is 36.0 Å². The van der Waals surface area contributed by atoms with Crippen LogP contribution in [0.5, 0.6) is 5.75 Å². The van der Waals surface area contributed by atoms with Crippen molar-refractivity contribution < 1.29 is 9.53 Å². The third-order valence-corrected chi connectivity index (χ3v) is 3.00. The summed E-state index contributed by atoms with van der Waals surface area (Å²) in [4.78, 5) is 16.5. The lowest BCUT2D eigenvalue weighted by Gasteiger charge is -2.08. The minimum Gasteiger partial charge on any atom is -0.482 e. The molecule has 0 aliphatic carbocycles. The highest BCUT2D eigenvalue weighted by atomic mass is 32.1. The Labute approximate surface area is 109 Å². The number of ether oxygens (including phenoxy) is 1. The number of anilines is 1. The van der Waals surface area contributed by atoms with Crippen LogP contribution in [0.1, 0.15) is 4.88 Å². The van der Waals surface area contributed by atoms with Crippen molar-refractivity contribution in [3.05, 3.63) is 40.8 Å². The Balaban J connectivity index is 1.77. The number of nitrogens with zero attached hydrogens (tertiary/aromatic N) is 1. The van der Waals surface area contributed by atoms with Crippen molar-refractivity contribution in [1.29, 1.82) is 0 Å². The Bertz CT molecular complexity index is 514. The summed E-state index contributed by atoms with van der Waals surface area (Å²) in [7, 11) is 0. The van der Waals surface area contributed by atoms with E-state index in [0.29, 0.717) is 18.0 Å². The molecule has 0 atom stereocenters. The van der Waals surface area contributed by atoms with Crippen LogP contribution in [0.2, 0.25) is 0 Å². The molecule has 0 fully saturated rings. The molecule has 5 nitrogen and oxygen atoms in total. The Kier molecular flexibility index (Phi) is 4.14. The van der Waals surface area contributed by atoms with E-state index in [1.807, 2.05) is 6.07 Å². The standard InChI is InChI=1S/C12H13N3O2S/c13-10-3-1-2-4-11(10)17-7-12(16)15-6-9-5-14-8-18-9/h1-5,8H,6-7,13H2,(H,15,16). The van der Waals surface area contributed by atoms with Crippen molar-refractivity contribution in [2.24, 2.45) is 0 Å². The van der Waals surface area contributed by atoms with E-state index in [1.165, 1.54) is 11.3 Å². The van der Waals surface area contributed by atoms with Gasteiger partial charge in [0.1, 0.15) is 5.75 Å². The maximum absolute atomic E-state index is 11.5. The Morgan fingerprint density at radius 1 is 1.44 bits per heavy atom. The van der Waals surface area contributed by atoms with Gasteiger partial charge in [-0.3, -0.25) is 9.78 Å². The molecule has 1 aromatic carbocycles. The van der Waals surface area contributed by atoms with Crippen LogP contribution < -0.4 is 15.8 Å². The zero-order valence-corrected chi connectivity index (χ0v) is 10.4. The number of carbonyl (C=O) groups is 1. The highest BCUT2D eigenvalue weighted by molar-refractivity contribution is 7.09. The molecule has 0 saturated carbocycles. The van der Waals surface area contributed by atoms with Crippen LogP contribution in [0, 0.1) is 0 Å². The van der Waals surface area contributed by atoms with E-state index in [0.717, 1.165) is 4.88 Å². The molecule has 0 spiro atoms. The fraction of sp³-hybridized carbons (Fsp3) is 0.167. The van der Waals surface area contributed by atoms with E-state index in [9.17, 15) is 4.79 Å². The minimum atomic E-state index is -0.188. The molecule has 1 heterocycles. The lowest BCUT2D eigenvalue weighted by molar-refractivity contribution is -0.123. The summed E-state index contributed by atoms with van der Waals surface area (Å²) in [6.07, 6.45) is 1.72. The molecule has 0 bridgehead atoms. The highest BCUT2D eigenvalue weighted by Crippen LogP contribution is 2.19. The Hall–Kier alpha value is -2.08. The summed E-state index contributed by atoms with van der Waals surface area (Å²) < 4.78 is 5.32. The normalized spacial score (nSPS) is 10.0. The number of hydrogen-bond donors (Lipinski definition) is 2. The van der Waals surface area contributed by atoms with Crippen molar-refractivity contribution in [2.75, 3.05) is 12.3 Å². The van der Waals surface area contributed by atoms with E-state index < -0.39 is 0 Å². The molecule has 1 aromatic heterocycles. The van der Waals surface area contributed by atoms with Crippen LogP contribution in [0.4, 0.5) is 5.69 Å². The van der Waals surface area contributed by atoms with Crippen molar-refractivity contribution in [3.8, 4) is 5.75 Å². The molecule has 0 radical (unpaired) electrons. The molecule has 6 heteroatoms. The van der Waals surface area contributed by atoms with Gasteiger partial charge in [0, 0.05) is 11.1 Å². The van der Waals surface area contributed by atoms with Crippen LogP contribution in [0.3, 0.4) is 0 Å². The summed E-state index contributed by atoms with van der Waals surface area (Å²) in [5.74, 6) is 0.331. The maximum Gasteiger partial charge on any atom is 0.258 e. The first-order chi connectivity index (χ1) is 8.75. The van der Waals surface area contributed by atoms with Crippen LogP contribution >= 0.6 is 11.3 Å². The lowest BCUT2D eigenvalue weighted by Crippen LogP contribution is -2.28. The zero-order chi connectivity index (χ0) is 12.8. The number of para-hydroxylation sites is 2. The fourth-order valence-corrected chi connectivity index (χ4v) is 1.86. The number of rotatable bonds is 5. The zero-order valence-electron chi connectivity index (χ0n) is 9.63. The molecule has 2 rings (SSSR count). The molecule has 18 heavy (non-hydrogen) atoms. The molecule has 0 unspecified atom stereocenters. The summed E-state index contributed by atoms with van der Waals surface area (Å²) in [6.45, 7) is 0.421. The fourth-order valence-electron chi connectivity index (χ4n) is 1.32. The third-order valence-electron chi connectivity index (χ3n) is 2.22. The smallest absolute Gasteiger partial charge is 0.258 e. The molecular weight excluding hydrogens is 250 g/mol. The molecular formula is C12H13N3O2S. The molecule has 0 aliphatic rings. The topological polar surface area (TPSA) is 77.2 Å². The number of hydrogen-bond acceptors (Lipinski definition) is 5. The summed E-state index contributed by atoms with van der Waals surface area (Å²) >= 11 is 1.50. The average molecular weight is 263 g/mol. The number of thiazole rings is 1. The minimum absolute atomic E-state index is 0.0486. The first-order valence-corrected chi connectivity index (χ1v) is 6.25. The van der Waals surface area contributed by atoms with Crippen LogP contribution in [-0.2, 0) is 11.3 Å². The first kappa shape index (κ1) is 12.4. The molecule has 0 aliphatic heterocycles. The maximum atomic E-state index is 11.5. The number of nitrogens with two attached hydrogens (primary N) is 1. The van der Waals surface area contributed by atoms with Gasteiger partial charge in [-0.25, -0.2) is 0 Å². The van der Waals surface area contributed by atoms with E-state index >= 15 is 0 Å². The van der Waals surface area contributed by atoms with Gasteiger partial charge in [-0.15, -0.1) is 11.3 Å². The van der Waals surface area contributed by atoms with Crippen molar-refractivity contribution in [2.45, 2.75) is 6.54 Å². The second-order valence-corrected chi connectivity index (χ2v) is 4.54. The Morgan fingerprint density at radius 3 is 3.00 bits per heavy atom. The number of carbonyl (C=O) groups excluding carboxylic acids is 1. The predicted molar refractivity (Wildman–Crippen MR) is 70.3 cm³/mol. The highest BCUT2D eigenvalue weighted by Gasteiger charge is 2.05. The van der Waals surface area contributed by atoms with Gasteiger partial charge < -0.3 is 15.8 Å². The quantitative estimate of drug-likeness (QED) is 0.800. The van der Waals surface area contributed by atoms with E-state index in [2.05, 4.69) is 10.3 Å². The summed E-state index contributed by atoms with van der Waals surface area (Å²) in [5.41, 5.74) is 7.94. The predicted octanol–water partition coefficient (Wildman–Crippen LogP) is 1.42. The molecule has 2 aromatic rings. The third kappa shape index (κ3) is 3.46. The van der Waals surface area contributed by atoms with Gasteiger partial charge in [0.25, 0.3) is 5.91 Å². The van der Waals surface area contributed by atoms with Gasteiger partial charge in [-0.05, 0) is 12.1 Å². The number of benzene rings is 1. The van der Waals surface area contributed by atoms with Gasteiger partial charge >= 0.3 is 0 Å². The summed E-state index contributed by atoms with van der Waals surface area (Å²) in [6, 6.07) is 7.07. The van der Waals surface area contributed by atoms with Gasteiger partial charge in [0.15, 0.2) is 6.61 Å². The number of amides is 1. The first-order valence-electron chi connectivity index (χ1n) is 5.37. The van der Waals surface area contributed by atoms with Crippen molar-refractivity contribution >= 4 is 22.9 Å².